The number of rotatable bonds is 34. The number of hydrogen-bond donors (Lipinski definition) is 1. The van der Waals surface area contributed by atoms with Crippen LogP contribution >= 0.6 is 0 Å². The number of nitrogens with zero attached hydrogens (tertiary/aromatic N) is 4. The molecule has 9 heteroatoms. The van der Waals surface area contributed by atoms with E-state index < -0.39 is 6.48 Å². The number of hydrogen-bond acceptors (Lipinski definition) is 5. The van der Waals surface area contributed by atoms with E-state index in [4.69, 9.17) is 19.5 Å². The van der Waals surface area contributed by atoms with Gasteiger partial charge in [-0.05, 0) is 149 Å². The van der Waals surface area contributed by atoms with E-state index in [1.807, 2.05) is 6.21 Å². The number of aryl methyl sites for hydroxylation is 2. The molecule has 2 aliphatic rings. The predicted octanol–water partition coefficient (Wildman–Crippen LogP) is 17.6. The Balaban J connectivity index is 0.00000937. The van der Waals surface area contributed by atoms with Gasteiger partial charge in [-0.2, -0.15) is 0 Å². The molecule has 1 fully saturated rings. The molecular weight excluding hydrogens is 1060 g/mol. The van der Waals surface area contributed by atoms with Crippen molar-refractivity contribution in [2.45, 2.75) is 273 Å². The zero-order valence-electron chi connectivity index (χ0n) is 50.4. The number of fused-ring (bicyclic) bond motifs is 3. The topological polar surface area (TPSA) is 63.4 Å². The summed E-state index contributed by atoms with van der Waals surface area (Å²) in [5, 5.41) is 11.8. The van der Waals surface area contributed by atoms with Crippen molar-refractivity contribution >= 4 is 12.4 Å². The molecule has 416 valence electrons. The number of unbranched alkanes of at least 4 members (excludes halogenated alkanes) is 8. The van der Waals surface area contributed by atoms with Crippen LogP contribution in [0.3, 0.4) is 0 Å². The Morgan fingerprint density at radius 3 is 1.05 bits per heavy atom. The van der Waals surface area contributed by atoms with Crippen LogP contribution in [0.2, 0.25) is 0 Å². The molecule has 2 atom stereocenters. The van der Waals surface area contributed by atoms with Gasteiger partial charge in [0.05, 0.1) is 64.4 Å². The van der Waals surface area contributed by atoms with Crippen molar-refractivity contribution in [2.24, 2.45) is 9.98 Å². The van der Waals surface area contributed by atoms with Crippen molar-refractivity contribution in [1.29, 1.82) is 0 Å². The summed E-state index contributed by atoms with van der Waals surface area (Å²) in [5.74, 6) is 1.24. The minimum atomic E-state index is -0.453. The van der Waals surface area contributed by atoms with Gasteiger partial charge in [-0.3, -0.25) is 9.98 Å². The van der Waals surface area contributed by atoms with Crippen LogP contribution in [0, 0.1) is 20.3 Å². The maximum atomic E-state index is 11.8. The SMILES string of the molecule is CCCCC(C)(CCCC)c1cc(C)c2c(c1)C=N[C@H]1CCCC[C@@H]1N=Cc1cc(C(C)(CCC[N+](CCCC)(CCCC)CCCC)CCC[N+](CCCC)(CCCC)CCCC)cc(C)c1O[C-](O)O2.[Y].[Y]. The molecule has 0 saturated heterocycles. The summed E-state index contributed by atoms with van der Waals surface area (Å²) in [4.78, 5) is 10.8. The molecule has 7 nitrogen and oxygen atoms in total. The average Bonchev–Trinajstić information content (AvgIpc) is 3.39. The average molecular weight is 1180 g/mol. The smallest absolute Gasteiger partial charge is 0.147 e. The van der Waals surface area contributed by atoms with Crippen LogP contribution in [0.25, 0.3) is 0 Å². The normalized spacial score (nSPS) is 16.6. The van der Waals surface area contributed by atoms with Gasteiger partial charge in [0.15, 0.2) is 0 Å². The summed E-state index contributed by atoms with van der Waals surface area (Å²) in [6.45, 7) is 38.0. The Morgan fingerprint density at radius 1 is 0.473 bits per heavy atom. The number of benzene rings is 2. The second kappa shape index (κ2) is 36.7. The van der Waals surface area contributed by atoms with E-state index in [-0.39, 0.29) is 88.3 Å². The predicted molar refractivity (Wildman–Crippen MR) is 311 cm³/mol. The Hall–Kier alpha value is -0.532. The van der Waals surface area contributed by atoms with Gasteiger partial charge >= 0.3 is 0 Å². The van der Waals surface area contributed by atoms with E-state index in [2.05, 4.69) is 114 Å². The molecule has 0 unspecified atom stereocenters. The maximum Gasteiger partial charge on any atom is 0.147 e. The molecule has 4 rings (SSSR count). The third-order valence-electron chi connectivity index (χ3n) is 17.7. The van der Waals surface area contributed by atoms with Crippen LogP contribution in [0.4, 0.5) is 0 Å². The van der Waals surface area contributed by atoms with Crippen LogP contribution in [0.15, 0.2) is 34.3 Å². The van der Waals surface area contributed by atoms with Crippen molar-refractivity contribution < 1.29 is 89.0 Å². The van der Waals surface area contributed by atoms with Gasteiger partial charge in [-0.1, -0.05) is 158 Å². The molecule has 2 radical (unpaired) electrons. The van der Waals surface area contributed by atoms with E-state index in [0.717, 1.165) is 73.6 Å². The van der Waals surface area contributed by atoms with Gasteiger partial charge in [-0.25, -0.2) is 0 Å². The fourth-order valence-electron chi connectivity index (χ4n) is 12.6. The Bertz CT molecular complexity index is 1810. The van der Waals surface area contributed by atoms with Gasteiger partial charge in [-0.15, -0.1) is 0 Å². The molecule has 0 bridgehead atoms. The van der Waals surface area contributed by atoms with Crippen molar-refractivity contribution in [3.8, 4) is 11.5 Å². The van der Waals surface area contributed by atoms with E-state index in [1.54, 1.807) is 0 Å². The van der Waals surface area contributed by atoms with Crippen molar-refractivity contribution in [2.75, 3.05) is 52.4 Å². The van der Waals surface area contributed by atoms with Crippen LogP contribution in [0.5, 0.6) is 11.5 Å². The maximum absolute atomic E-state index is 11.8. The molecular formula is C65H113N4O3Y2+. The molecule has 0 aromatic heterocycles. The van der Waals surface area contributed by atoms with Crippen molar-refractivity contribution in [3.63, 3.8) is 0 Å². The first kappa shape index (κ1) is 69.6. The van der Waals surface area contributed by atoms with Gasteiger partial charge in [0.1, 0.15) is 18.0 Å². The Kier molecular flexibility index (Phi) is 34.5. The van der Waals surface area contributed by atoms with Gasteiger partial charge in [0, 0.05) is 89.0 Å². The standard InChI is InChI=1S/C65H113N4O3.2Y/c1-13-21-35-64(11,36-22-14-2)57-47-53(9)61-55(49-57)51-66-59-33-29-30-34-60(59)67-52-56-50-58(48-54(10)62(56)72-63(70)71-61)65(12,37-31-45-68(39-23-15-3,40-24-16-4)41-25-17-5)38-32-46-69(42-26-18-6,43-27-19-7)44-28-20-8;;/h47-52,59-60,70H,13-46H2,1-12H3;;/q+1;;/t59-,60-;;/m0../s1. The van der Waals surface area contributed by atoms with E-state index >= 15 is 0 Å². The largest absolute Gasteiger partial charge is 0.596 e. The van der Waals surface area contributed by atoms with E-state index in [0.29, 0.717) is 11.5 Å². The summed E-state index contributed by atoms with van der Waals surface area (Å²) in [5.41, 5.74) is 6.53. The fraction of sp³-hybridized carbons (Fsp3) is 0.769. The quantitative estimate of drug-likeness (QED) is 0.0561. The van der Waals surface area contributed by atoms with E-state index in [1.165, 1.54) is 188 Å². The zero-order chi connectivity index (χ0) is 52.5. The molecule has 1 N–H and O–H groups in total. The molecule has 1 heterocycles. The van der Waals surface area contributed by atoms with E-state index in [9.17, 15) is 5.11 Å². The molecule has 0 amide bonds. The van der Waals surface area contributed by atoms with Gasteiger partial charge in [0.2, 0.25) is 0 Å². The summed E-state index contributed by atoms with van der Waals surface area (Å²) in [6, 6.07) is 9.52. The number of aliphatic imine (C=N–C) groups is 2. The molecule has 2 aromatic rings. The van der Waals surface area contributed by atoms with Crippen LogP contribution in [-0.4, -0.2) is 90.9 Å². The van der Waals surface area contributed by atoms with Crippen LogP contribution in [-0.2, 0) is 76.2 Å². The second-order valence-corrected chi connectivity index (χ2v) is 24.0. The Labute approximate surface area is 507 Å². The fourth-order valence-corrected chi connectivity index (χ4v) is 12.6. The first-order valence-corrected chi connectivity index (χ1v) is 30.7. The zero-order valence-corrected chi connectivity index (χ0v) is 56.0. The third kappa shape index (κ3) is 21.5. The van der Waals surface area contributed by atoms with Crippen LogP contribution < -0.4 is 9.47 Å². The molecule has 2 aromatic carbocycles. The Morgan fingerprint density at radius 2 is 0.757 bits per heavy atom. The number of aliphatic hydroxyl groups is 1. The van der Waals surface area contributed by atoms with Crippen LogP contribution in [0.1, 0.15) is 270 Å². The molecule has 1 aliphatic heterocycles. The van der Waals surface area contributed by atoms with Gasteiger partial charge < -0.3 is 23.5 Å². The molecule has 1 aliphatic carbocycles. The summed E-state index contributed by atoms with van der Waals surface area (Å²) in [7, 11) is 0. The molecule has 1 saturated carbocycles. The van der Waals surface area contributed by atoms with Crippen molar-refractivity contribution in [1.82, 2.24) is 0 Å². The molecule has 0 spiro atoms. The number of quaternary nitrogens is 2. The first-order chi connectivity index (χ1) is 34.7. The third-order valence-corrected chi connectivity index (χ3v) is 17.7. The molecule has 74 heavy (non-hydrogen) atoms. The first-order valence-electron chi connectivity index (χ1n) is 30.7. The minimum absolute atomic E-state index is 0. The second-order valence-electron chi connectivity index (χ2n) is 24.0. The summed E-state index contributed by atoms with van der Waals surface area (Å²) < 4.78 is 15.6. The number of aliphatic hydroxyl groups excluding tert-OH is 1. The summed E-state index contributed by atoms with van der Waals surface area (Å²) >= 11 is 0. The van der Waals surface area contributed by atoms with Gasteiger partial charge in [0.25, 0.3) is 0 Å². The van der Waals surface area contributed by atoms with Crippen molar-refractivity contribution in [3.05, 3.63) is 64.1 Å². The monoisotopic (exact) mass is 1180 g/mol. The minimum Gasteiger partial charge on any atom is -0.596 e. The summed E-state index contributed by atoms with van der Waals surface area (Å²) in [6.07, 6.45) is 35.7. The number of ether oxygens (including phenoxy) is 2.